The Balaban J connectivity index is 0.00000363. The fourth-order valence-electron chi connectivity index (χ4n) is 4.59. The Labute approximate surface area is 212 Å². The molecule has 1 aromatic carbocycles. The number of aliphatic imine (C=N–C) groups is 1. The molecule has 2 aliphatic rings. The fraction of sp³-hybridized carbons (Fsp3) is 0.720. The number of piperidine rings is 2. The minimum absolute atomic E-state index is 0. The van der Waals surface area contributed by atoms with Crippen LogP contribution < -0.4 is 10.6 Å². The number of hydrogen-bond donors (Lipinski definition) is 2. The molecule has 1 atom stereocenters. The molecule has 1 unspecified atom stereocenters. The number of nitrogens with one attached hydrogen (secondary N) is 2. The van der Waals surface area contributed by atoms with Gasteiger partial charge in [-0.1, -0.05) is 30.3 Å². The Morgan fingerprint density at radius 2 is 1.88 bits per heavy atom. The van der Waals surface area contributed by atoms with Crippen LogP contribution in [-0.2, 0) is 11.3 Å². The van der Waals surface area contributed by atoms with Gasteiger partial charge in [0.05, 0.1) is 6.10 Å². The van der Waals surface area contributed by atoms with Crippen molar-refractivity contribution < 1.29 is 4.74 Å². The van der Waals surface area contributed by atoms with Gasteiger partial charge in [0.25, 0.3) is 0 Å². The second-order valence-corrected chi connectivity index (χ2v) is 9.10. The lowest BCUT2D eigenvalue weighted by Crippen LogP contribution is -2.40. The third-order valence-electron chi connectivity index (χ3n) is 6.32. The molecule has 2 fully saturated rings. The third kappa shape index (κ3) is 10.4. The molecule has 32 heavy (non-hydrogen) atoms. The lowest BCUT2D eigenvalue weighted by molar-refractivity contribution is 0.00534. The van der Waals surface area contributed by atoms with Crippen LogP contribution in [0.5, 0.6) is 0 Å². The number of ether oxygens (including phenoxy) is 1. The van der Waals surface area contributed by atoms with Crippen molar-refractivity contribution in [2.45, 2.75) is 51.7 Å². The standard InChI is InChI=1S/C25H43N5O.HI/c1-3-26-25(28-19-23-11-7-15-29(2)20-23)27-14-8-18-31-24-12-16-30(17-13-24)21-22-9-5-4-6-10-22;/h4-6,9-10,23-24H,3,7-8,11-21H2,1-2H3,(H2,26,27,28);1H. The summed E-state index contributed by atoms with van der Waals surface area (Å²) in [7, 11) is 2.21. The van der Waals surface area contributed by atoms with Crippen molar-refractivity contribution in [3.05, 3.63) is 35.9 Å². The van der Waals surface area contributed by atoms with E-state index in [1.807, 2.05) is 0 Å². The van der Waals surface area contributed by atoms with Crippen molar-refractivity contribution in [1.82, 2.24) is 20.4 Å². The van der Waals surface area contributed by atoms with E-state index in [2.05, 4.69) is 64.7 Å². The summed E-state index contributed by atoms with van der Waals surface area (Å²) in [5.41, 5.74) is 1.40. The molecule has 0 bridgehead atoms. The number of guanidine groups is 1. The van der Waals surface area contributed by atoms with Crippen LogP contribution in [0.3, 0.4) is 0 Å². The van der Waals surface area contributed by atoms with E-state index >= 15 is 0 Å². The van der Waals surface area contributed by atoms with Crippen molar-refractivity contribution in [1.29, 1.82) is 0 Å². The topological polar surface area (TPSA) is 52.1 Å². The van der Waals surface area contributed by atoms with Gasteiger partial charge >= 0.3 is 0 Å². The number of likely N-dealkylation sites (tertiary alicyclic amines) is 2. The van der Waals surface area contributed by atoms with Gasteiger partial charge in [-0.15, -0.1) is 24.0 Å². The maximum absolute atomic E-state index is 6.16. The number of hydrogen-bond acceptors (Lipinski definition) is 4. The molecule has 2 saturated heterocycles. The predicted molar refractivity (Wildman–Crippen MR) is 145 cm³/mol. The molecule has 0 aliphatic carbocycles. The second-order valence-electron chi connectivity index (χ2n) is 9.10. The molecule has 7 heteroatoms. The molecule has 2 aliphatic heterocycles. The molecule has 0 aromatic heterocycles. The van der Waals surface area contributed by atoms with Crippen LogP contribution in [-0.4, -0.2) is 81.3 Å². The van der Waals surface area contributed by atoms with Gasteiger partial charge in [-0.25, -0.2) is 0 Å². The summed E-state index contributed by atoms with van der Waals surface area (Å²) in [6.07, 6.45) is 6.30. The third-order valence-corrected chi connectivity index (χ3v) is 6.32. The smallest absolute Gasteiger partial charge is 0.191 e. The molecule has 182 valence electrons. The molecule has 0 spiro atoms. The Hall–Kier alpha value is -0.900. The first-order valence-corrected chi connectivity index (χ1v) is 12.3. The molecule has 2 heterocycles. The van der Waals surface area contributed by atoms with Crippen molar-refractivity contribution in [2.24, 2.45) is 10.9 Å². The van der Waals surface area contributed by atoms with Crippen LogP contribution in [0.4, 0.5) is 0 Å². The monoisotopic (exact) mass is 557 g/mol. The average Bonchev–Trinajstić information content (AvgIpc) is 2.79. The zero-order valence-electron chi connectivity index (χ0n) is 20.1. The van der Waals surface area contributed by atoms with Crippen molar-refractivity contribution >= 4 is 29.9 Å². The van der Waals surface area contributed by atoms with Crippen LogP contribution in [0.2, 0.25) is 0 Å². The Bertz CT molecular complexity index is 636. The normalized spacial score (nSPS) is 21.2. The highest BCUT2D eigenvalue weighted by molar-refractivity contribution is 14.0. The molecule has 6 nitrogen and oxygen atoms in total. The van der Waals surface area contributed by atoms with E-state index in [-0.39, 0.29) is 24.0 Å². The lowest BCUT2D eigenvalue weighted by atomic mass is 9.99. The highest BCUT2D eigenvalue weighted by atomic mass is 127. The molecule has 0 radical (unpaired) electrons. The summed E-state index contributed by atoms with van der Waals surface area (Å²) in [6.45, 7) is 11.4. The van der Waals surface area contributed by atoms with E-state index in [1.54, 1.807) is 0 Å². The minimum atomic E-state index is 0. The molecular formula is C25H44IN5O. The summed E-state index contributed by atoms with van der Waals surface area (Å²) < 4.78 is 6.16. The zero-order valence-corrected chi connectivity index (χ0v) is 22.4. The number of benzene rings is 1. The lowest BCUT2D eigenvalue weighted by Gasteiger charge is -2.32. The maximum atomic E-state index is 6.16. The molecule has 3 rings (SSSR count). The molecular weight excluding hydrogens is 513 g/mol. The molecule has 1 aromatic rings. The van der Waals surface area contributed by atoms with Gasteiger partial charge < -0.3 is 20.3 Å². The zero-order chi connectivity index (χ0) is 21.7. The first-order chi connectivity index (χ1) is 15.2. The minimum Gasteiger partial charge on any atom is -0.378 e. The second kappa shape index (κ2) is 15.9. The SMILES string of the molecule is CCNC(=NCC1CCCN(C)C1)NCCCOC1CCN(Cc2ccccc2)CC1.I. The first kappa shape index (κ1) is 27.3. The first-order valence-electron chi connectivity index (χ1n) is 12.3. The van der Waals surface area contributed by atoms with Crippen molar-refractivity contribution in [2.75, 3.05) is 59.5 Å². The van der Waals surface area contributed by atoms with Gasteiger partial charge in [-0.3, -0.25) is 9.89 Å². The molecule has 0 saturated carbocycles. The van der Waals surface area contributed by atoms with Crippen molar-refractivity contribution in [3.8, 4) is 0 Å². The number of nitrogens with zero attached hydrogens (tertiary/aromatic N) is 3. The van der Waals surface area contributed by atoms with E-state index < -0.39 is 0 Å². The van der Waals surface area contributed by atoms with Gasteiger partial charge in [0, 0.05) is 52.4 Å². The van der Waals surface area contributed by atoms with Gasteiger partial charge in [0.1, 0.15) is 0 Å². The van der Waals surface area contributed by atoms with Crippen LogP contribution >= 0.6 is 24.0 Å². The van der Waals surface area contributed by atoms with Gasteiger partial charge in [0.2, 0.25) is 0 Å². The van der Waals surface area contributed by atoms with E-state index in [9.17, 15) is 0 Å². The largest absolute Gasteiger partial charge is 0.378 e. The van der Waals surface area contributed by atoms with Crippen LogP contribution in [0.15, 0.2) is 35.3 Å². The summed E-state index contributed by atoms with van der Waals surface area (Å²) in [5, 5.41) is 6.86. The summed E-state index contributed by atoms with van der Waals surface area (Å²) >= 11 is 0. The summed E-state index contributed by atoms with van der Waals surface area (Å²) in [4.78, 5) is 9.79. The highest BCUT2D eigenvalue weighted by Gasteiger charge is 2.19. The van der Waals surface area contributed by atoms with E-state index in [1.165, 1.54) is 31.5 Å². The Morgan fingerprint density at radius 1 is 1.09 bits per heavy atom. The molecule has 2 N–H and O–H groups in total. The van der Waals surface area contributed by atoms with Gasteiger partial charge in [-0.05, 0) is 64.1 Å². The summed E-state index contributed by atoms with van der Waals surface area (Å²) in [5.74, 6) is 1.63. The van der Waals surface area contributed by atoms with Crippen LogP contribution in [0.25, 0.3) is 0 Å². The van der Waals surface area contributed by atoms with E-state index in [0.717, 1.165) is 71.1 Å². The fourth-order valence-corrected chi connectivity index (χ4v) is 4.59. The number of halogens is 1. The quantitative estimate of drug-likeness (QED) is 0.200. The maximum Gasteiger partial charge on any atom is 0.191 e. The Kier molecular flexibility index (Phi) is 13.5. The summed E-state index contributed by atoms with van der Waals surface area (Å²) in [6, 6.07) is 10.8. The highest BCUT2D eigenvalue weighted by Crippen LogP contribution is 2.17. The number of rotatable bonds is 10. The molecule has 0 amide bonds. The van der Waals surface area contributed by atoms with E-state index in [0.29, 0.717) is 12.0 Å². The van der Waals surface area contributed by atoms with Crippen LogP contribution in [0, 0.1) is 5.92 Å². The van der Waals surface area contributed by atoms with Gasteiger partial charge in [-0.2, -0.15) is 0 Å². The Morgan fingerprint density at radius 3 is 2.59 bits per heavy atom. The van der Waals surface area contributed by atoms with Crippen LogP contribution in [0.1, 0.15) is 44.6 Å². The average molecular weight is 558 g/mol. The van der Waals surface area contributed by atoms with Crippen molar-refractivity contribution in [3.63, 3.8) is 0 Å². The predicted octanol–water partition coefficient (Wildman–Crippen LogP) is 3.57. The van der Waals surface area contributed by atoms with Gasteiger partial charge in [0.15, 0.2) is 5.96 Å². The van der Waals surface area contributed by atoms with E-state index in [4.69, 9.17) is 9.73 Å².